The number of hydrogen-bond acceptors (Lipinski definition) is 10. The molecule has 0 unspecified atom stereocenters. The van der Waals surface area contributed by atoms with E-state index in [1.165, 1.54) is 42.4 Å². The van der Waals surface area contributed by atoms with E-state index in [2.05, 4.69) is 19.4 Å². The molecule has 0 atom stereocenters. The molecule has 0 spiro atoms. The van der Waals surface area contributed by atoms with Gasteiger partial charge >= 0.3 is 18.7 Å². The van der Waals surface area contributed by atoms with E-state index >= 15 is 0 Å². The predicted octanol–water partition coefficient (Wildman–Crippen LogP) is 8.10. The van der Waals surface area contributed by atoms with Crippen LogP contribution in [0.4, 0.5) is 26.3 Å². The van der Waals surface area contributed by atoms with Crippen molar-refractivity contribution in [2.75, 3.05) is 24.7 Å². The summed E-state index contributed by atoms with van der Waals surface area (Å²) in [5.74, 6) is 0.925. The highest BCUT2D eigenvalue weighted by Crippen LogP contribution is 2.35. The minimum absolute atomic E-state index is 0.0433. The minimum Gasteiger partial charge on any atom is -0.507 e. The van der Waals surface area contributed by atoms with Crippen LogP contribution in [0, 0.1) is 22.7 Å². The summed E-state index contributed by atoms with van der Waals surface area (Å²) in [5, 5.41) is 27.9. The molecule has 0 aliphatic rings. The van der Waals surface area contributed by atoms with Crippen LogP contribution in [-0.2, 0) is 9.47 Å². The molecule has 0 aliphatic heterocycles. The van der Waals surface area contributed by atoms with Gasteiger partial charge in [0.2, 0.25) is 0 Å². The average molecular weight is 667 g/mol. The van der Waals surface area contributed by atoms with E-state index in [1.807, 2.05) is 12.1 Å². The number of ether oxygens (including phenoxy) is 3. The highest BCUT2D eigenvalue weighted by atomic mass is 35.5. The van der Waals surface area contributed by atoms with Crippen molar-refractivity contribution in [3.05, 3.63) is 64.9 Å². The molecule has 3 aromatic rings. The van der Waals surface area contributed by atoms with Crippen molar-refractivity contribution < 1.29 is 45.7 Å². The molecule has 230 valence electrons. The molecule has 8 nitrogen and oxygen atoms in total. The van der Waals surface area contributed by atoms with Gasteiger partial charge < -0.3 is 9.84 Å². The standard InChI is InChI=1S/C15H11ClF3N3O2S.C11H10F3NO2S/c16-11-8-21-14(22-9-11)24-12-4-1-3-10(7-20)13(12)25-6-2-5-23-15(17,18)19;12-11(13,14)17-5-2-6-18-10-8(7-15)3-1-4-9(10)16/h1,3-4,8-9H,2,5-6H2;1,3-4,16H,2,5-6H2. The fourth-order valence-electron chi connectivity index (χ4n) is 2.89. The van der Waals surface area contributed by atoms with Gasteiger partial charge in [-0.05, 0) is 37.1 Å². The van der Waals surface area contributed by atoms with E-state index in [0.29, 0.717) is 43.2 Å². The van der Waals surface area contributed by atoms with E-state index in [0.717, 1.165) is 11.8 Å². The molecule has 0 fully saturated rings. The van der Waals surface area contributed by atoms with E-state index in [4.69, 9.17) is 21.6 Å². The number of rotatable bonds is 12. The molecule has 0 aliphatic carbocycles. The summed E-state index contributed by atoms with van der Waals surface area (Å²) in [7, 11) is 0. The van der Waals surface area contributed by atoms with Gasteiger partial charge in [-0.2, -0.15) is 10.5 Å². The van der Waals surface area contributed by atoms with Crippen LogP contribution in [0.25, 0.3) is 0 Å². The van der Waals surface area contributed by atoms with E-state index in [1.54, 1.807) is 18.2 Å². The van der Waals surface area contributed by atoms with E-state index in [9.17, 15) is 36.7 Å². The van der Waals surface area contributed by atoms with Gasteiger partial charge in [-0.3, -0.25) is 9.47 Å². The molecular formula is C26H21ClF6N4O4S2. The van der Waals surface area contributed by atoms with Crippen LogP contribution >= 0.6 is 35.1 Å². The molecule has 1 aromatic heterocycles. The molecular weight excluding hydrogens is 646 g/mol. The van der Waals surface area contributed by atoms with Gasteiger partial charge in [0.25, 0.3) is 0 Å². The number of alkyl halides is 6. The van der Waals surface area contributed by atoms with Gasteiger partial charge in [-0.25, -0.2) is 9.97 Å². The predicted molar refractivity (Wildman–Crippen MR) is 146 cm³/mol. The maximum absolute atomic E-state index is 11.9. The summed E-state index contributed by atoms with van der Waals surface area (Å²) in [6.45, 7) is -0.895. The molecule has 0 saturated carbocycles. The van der Waals surface area contributed by atoms with Crippen LogP contribution in [0.3, 0.4) is 0 Å². The normalized spacial score (nSPS) is 11.2. The number of hydrogen-bond donors (Lipinski definition) is 1. The number of benzene rings is 2. The lowest BCUT2D eigenvalue weighted by molar-refractivity contribution is -0.325. The van der Waals surface area contributed by atoms with Crippen molar-refractivity contribution in [2.45, 2.75) is 35.4 Å². The van der Waals surface area contributed by atoms with Crippen LogP contribution in [0.1, 0.15) is 24.0 Å². The van der Waals surface area contributed by atoms with E-state index < -0.39 is 25.9 Å². The quantitative estimate of drug-likeness (QED) is 0.115. The molecule has 0 radical (unpaired) electrons. The van der Waals surface area contributed by atoms with Gasteiger partial charge in [0.1, 0.15) is 23.6 Å². The highest BCUT2D eigenvalue weighted by molar-refractivity contribution is 7.99. The Balaban J connectivity index is 0.000000317. The Morgan fingerprint density at radius 2 is 1.28 bits per heavy atom. The third kappa shape index (κ3) is 14.1. The Bertz CT molecular complexity index is 1400. The number of halogens is 7. The van der Waals surface area contributed by atoms with Crippen molar-refractivity contribution >= 4 is 35.1 Å². The topological polar surface area (TPSA) is 121 Å². The first kappa shape index (κ1) is 35.8. The van der Waals surface area contributed by atoms with Crippen LogP contribution in [0.15, 0.2) is 58.6 Å². The maximum Gasteiger partial charge on any atom is 0.522 e. The van der Waals surface area contributed by atoms with Crippen LogP contribution in [0.5, 0.6) is 17.5 Å². The van der Waals surface area contributed by atoms with Gasteiger partial charge in [0, 0.05) is 11.5 Å². The summed E-state index contributed by atoms with van der Waals surface area (Å²) in [4.78, 5) is 8.69. The highest BCUT2D eigenvalue weighted by Gasteiger charge is 2.29. The smallest absolute Gasteiger partial charge is 0.507 e. The van der Waals surface area contributed by atoms with E-state index in [-0.39, 0.29) is 24.6 Å². The zero-order valence-electron chi connectivity index (χ0n) is 21.8. The Labute approximate surface area is 255 Å². The monoisotopic (exact) mass is 666 g/mol. The number of nitrogens with zero attached hydrogens (tertiary/aromatic N) is 4. The number of nitriles is 2. The Hall–Kier alpha value is -3.41. The summed E-state index contributed by atoms with van der Waals surface area (Å²) >= 11 is 8.03. The zero-order chi connectivity index (χ0) is 31.9. The van der Waals surface area contributed by atoms with Crippen molar-refractivity contribution in [2.24, 2.45) is 0 Å². The first-order valence-electron chi connectivity index (χ1n) is 11.9. The molecule has 0 amide bonds. The summed E-state index contributed by atoms with van der Waals surface area (Å²) < 4.78 is 83.7. The van der Waals surface area contributed by atoms with Crippen molar-refractivity contribution in [1.82, 2.24) is 9.97 Å². The van der Waals surface area contributed by atoms with Gasteiger partial charge in [0.15, 0.2) is 0 Å². The fraction of sp³-hybridized carbons (Fsp3) is 0.308. The summed E-state index contributed by atoms with van der Waals surface area (Å²) in [5.41, 5.74) is 0.643. The Morgan fingerprint density at radius 3 is 1.79 bits per heavy atom. The first-order valence-corrected chi connectivity index (χ1v) is 14.3. The number of aromatic hydroxyl groups is 1. The number of thioether (sulfide) groups is 2. The van der Waals surface area contributed by atoms with Crippen LogP contribution in [0.2, 0.25) is 5.02 Å². The second-order valence-corrected chi connectivity index (χ2v) is 10.4. The molecule has 2 aromatic carbocycles. The summed E-state index contributed by atoms with van der Waals surface area (Å²) in [6.07, 6.45) is -6.21. The molecule has 3 rings (SSSR count). The number of phenolic OH excluding ortho intramolecular Hbond substituents is 1. The summed E-state index contributed by atoms with van der Waals surface area (Å²) in [6, 6.07) is 13.3. The lowest BCUT2D eigenvalue weighted by atomic mass is 10.2. The van der Waals surface area contributed by atoms with Gasteiger partial charge in [0.05, 0.1) is 51.5 Å². The Morgan fingerprint density at radius 1 is 0.791 bits per heavy atom. The largest absolute Gasteiger partial charge is 0.522 e. The third-order valence-electron chi connectivity index (χ3n) is 4.61. The minimum atomic E-state index is -4.64. The van der Waals surface area contributed by atoms with Gasteiger partial charge in [-0.1, -0.05) is 23.7 Å². The third-order valence-corrected chi connectivity index (χ3v) is 7.22. The molecule has 1 heterocycles. The molecule has 43 heavy (non-hydrogen) atoms. The van der Waals surface area contributed by atoms with Crippen LogP contribution in [-0.4, -0.2) is 52.5 Å². The van der Waals surface area contributed by atoms with Crippen molar-refractivity contribution in [3.63, 3.8) is 0 Å². The van der Waals surface area contributed by atoms with Gasteiger partial charge in [-0.15, -0.1) is 49.9 Å². The molecule has 0 saturated heterocycles. The Kier molecular flexibility index (Phi) is 14.7. The second kappa shape index (κ2) is 17.6. The average Bonchev–Trinajstić information content (AvgIpc) is 2.94. The molecule has 17 heteroatoms. The fourth-order valence-corrected chi connectivity index (χ4v) is 4.93. The molecule has 0 bridgehead atoms. The van der Waals surface area contributed by atoms with Crippen molar-refractivity contribution in [3.8, 4) is 29.6 Å². The first-order chi connectivity index (χ1) is 20.3. The lowest BCUT2D eigenvalue weighted by Crippen LogP contribution is -2.14. The zero-order valence-corrected chi connectivity index (χ0v) is 24.2. The lowest BCUT2D eigenvalue weighted by Gasteiger charge is -2.11. The second-order valence-electron chi connectivity index (χ2n) is 7.79. The maximum atomic E-state index is 11.9. The van der Waals surface area contributed by atoms with Crippen molar-refractivity contribution in [1.29, 1.82) is 10.5 Å². The SMILES string of the molecule is N#Cc1cccc(O)c1SCCCOC(F)(F)F.N#Cc1cccc(Oc2ncc(Cl)cn2)c1SCCCOC(F)(F)F. The number of aromatic nitrogens is 2. The van der Waals surface area contributed by atoms with Crippen LogP contribution < -0.4 is 4.74 Å². The molecule has 1 N–H and O–H groups in total. The number of phenols is 1.